The van der Waals surface area contributed by atoms with E-state index < -0.39 is 12.1 Å². The predicted octanol–water partition coefficient (Wildman–Crippen LogP) is 1.61. The predicted molar refractivity (Wildman–Crippen MR) is 59.1 cm³/mol. The Labute approximate surface area is 99.4 Å². The molecule has 0 aliphatic heterocycles. The van der Waals surface area contributed by atoms with E-state index in [0.717, 1.165) is 0 Å². The van der Waals surface area contributed by atoms with Crippen LogP contribution in [0.25, 0.3) is 0 Å². The second-order valence-corrected chi connectivity index (χ2v) is 3.99. The number of aliphatic hydroxyl groups is 1. The van der Waals surface area contributed by atoms with Crippen LogP contribution in [0.1, 0.15) is 38.6 Å². The standard InChI is InChI=1S/C12H16O5/c1-8(2)17-12(15)7-9(13)6-10(14)11-4-3-5-16-11/h3-5,8,10,14H,6-7H2,1-2H3. The molecule has 0 fully saturated rings. The Morgan fingerprint density at radius 3 is 2.71 bits per heavy atom. The maximum atomic E-state index is 11.4. The lowest BCUT2D eigenvalue weighted by Crippen LogP contribution is -2.17. The van der Waals surface area contributed by atoms with Crippen LogP contribution in [0.4, 0.5) is 0 Å². The fourth-order valence-corrected chi connectivity index (χ4v) is 1.33. The second kappa shape index (κ2) is 6.20. The number of hydrogen-bond acceptors (Lipinski definition) is 5. The van der Waals surface area contributed by atoms with Crippen molar-refractivity contribution in [3.63, 3.8) is 0 Å². The summed E-state index contributed by atoms with van der Waals surface area (Å²) < 4.78 is 9.78. The molecule has 94 valence electrons. The van der Waals surface area contributed by atoms with Crippen molar-refractivity contribution in [2.24, 2.45) is 0 Å². The summed E-state index contributed by atoms with van der Waals surface area (Å²) in [6.07, 6.45) is -0.318. The minimum Gasteiger partial charge on any atom is -0.467 e. The van der Waals surface area contributed by atoms with E-state index in [1.54, 1.807) is 26.0 Å². The third kappa shape index (κ3) is 4.82. The average molecular weight is 240 g/mol. The number of aliphatic hydroxyl groups excluding tert-OH is 1. The van der Waals surface area contributed by atoms with Gasteiger partial charge in [0.25, 0.3) is 0 Å². The molecule has 0 aromatic carbocycles. The number of carbonyl (C=O) groups excluding carboxylic acids is 2. The van der Waals surface area contributed by atoms with E-state index in [-0.39, 0.29) is 24.7 Å². The van der Waals surface area contributed by atoms with Gasteiger partial charge in [-0.15, -0.1) is 0 Å². The Balaban J connectivity index is 2.37. The zero-order valence-electron chi connectivity index (χ0n) is 9.88. The highest BCUT2D eigenvalue weighted by molar-refractivity contribution is 5.95. The molecule has 1 heterocycles. The van der Waals surface area contributed by atoms with Gasteiger partial charge in [0.1, 0.15) is 24.1 Å². The minimum atomic E-state index is -1.01. The molecule has 0 radical (unpaired) electrons. The van der Waals surface area contributed by atoms with Gasteiger partial charge >= 0.3 is 5.97 Å². The van der Waals surface area contributed by atoms with E-state index >= 15 is 0 Å². The topological polar surface area (TPSA) is 76.7 Å². The average Bonchev–Trinajstić information content (AvgIpc) is 2.67. The fraction of sp³-hybridized carbons (Fsp3) is 0.500. The molecule has 1 unspecified atom stereocenters. The van der Waals surface area contributed by atoms with Crippen molar-refractivity contribution in [3.8, 4) is 0 Å². The first kappa shape index (κ1) is 13.4. The normalized spacial score (nSPS) is 12.5. The molecule has 0 saturated carbocycles. The number of carbonyl (C=O) groups is 2. The van der Waals surface area contributed by atoms with Crippen LogP contribution in [-0.2, 0) is 14.3 Å². The van der Waals surface area contributed by atoms with Crippen molar-refractivity contribution in [1.82, 2.24) is 0 Å². The summed E-state index contributed by atoms with van der Waals surface area (Å²) in [4.78, 5) is 22.6. The zero-order valence-corrected chi connectivity index (χ0v) is 9.88. The molecular formula is C12H16O5. The number of esters is 1. The maximum Gasteiger partial charge on any atom is 0.313 e. The summed E-state index contributed by atoms with van der Waals surface area (Å²) in [7, 11) is 0. The summed E-state index contributed by atoms with van der Waals surface area (Å²) in [5, 5.41) is 9.61. The van der Waals surface area contributed by atoms with Crippen LogP contribution in [-0.4, -0.2) is 23.0 Å². The van der Waals surface area contributed by atoms with Crippen LogP contribution < -0.4 is 0 Å². The number of furan rings is 1. The molecular weight excluding hydrogens is 224 g/mol. The van der Waals surface area contributed by atoms with E-state index in [9.17, 15) is 14.7 Å². The van der Waals surface area contributed by atoms with E-state index in [1.165, 1.54) is 6.26 Å². The van der Waals surface area contributed by atoms with Gasteiger partial charge in [-0.1, -0.05) is 0 Å². The van der Waals surface area contributed by atoms with Crippen molar-refractivity contribution in [2.45, 2.75) is 38.9 Å². The van der Waals surface area contributed by atoms with Gasteiger partial charge < -0.3 is 14.3 Å². The molecule has 1 N–H and O–H groups in total. The van der Waals surface area contributed by atoms with Crippen molar-refractivity contribution in [3.05, 3.63) is 24.2 Å². The number of hydrogen-bond donors (Lipinski definition) is 1. The fourth-order valence-electron chi connectivity index (χ4n) is 1.33. The summed E-state index contributed by atoms with van der Waals surface area (Å²) in [5.41, 5.74) is 0. The van der Waals surface area contributed by atoms with Crippen LogP contribution in [0.2, 0.25) is 0 Å². The molecule has 0 saturated heterocycles. The first-order chi connectivity index (χ1) is 7.99. The molecule has 1 aromatic heterocycles. The maximum absolute atomic E-state index is 11.4. The Morgan fingerprint density at radius 1 is 1.47 bits per heavy atom. The van der Waals surface area contributed by atoms with Gasteiger partial charge in [0.15, 0.2) is 0 Å². The summed E-state index contributed by atoms with van der Waals surface area (Å²) in [6, 6.07) is 3.19. The monoisotopic (exact) mass is 240 g/mol. The van der Waals surface area contributed by atoms with Gasteiger partial charge in [0.05, 0.1) is 12.4 Å². The molecule has 1 rings (SSSR count). The Bertz CT molecular complexity index is 366. The Kier molecular flexibility index (Phi) is 4.90. The van der Waals surface area contributed by atoms with Crippen molar-refractivity contribution in [1.29, 1.82) is 0 Å². The van der Waals surface area contributed by atoms with Gasteiger partial charge in [0, 0.05) is 6.42 Å². The molecule has 0 aliphatic rings. The first-order valence-electron chi connectivity index (χ1n) is 5.41. The third-order valence-electron chi connectivity index (χ3n) is 2.00. The van der Waals surface area contributed by atoms with Crippen molar-refractivity contribution < 1.29 is 23.8 Å². The zero-order chi connectivity index (χ0) is 12.8. The lowest BCUT2D eigenvalue weighted by molar-refractivity contribution is -0.149. The molecule has 0 spiro atoms. The van der Waals surface area contributed by atoms with E-state index in [0.29, 0.717) is 5.76 Å². The van der Waals surface area contributed by atoms with E-state index in [1.807, 2.05) is 0 Å². The van der Waals surface area contributed by atoms with E-state index in [2.05, 4.69) is 0 Å². The molecule has 0 aliphatic carbocycles. The molecule has 5 nitrogen and oxygen atoms in total. The lowest BCUT2D eigenvalue weighted by Gasteiger charge is -2.08. The van der Waals surface area contributed by atoms with Gasteiger partial charge in [-0.25, -0.2) is 0 Å². The van der Waals surface area contributed by atoms with Crippen LogP contribution >= 0.6 is 0 Å². The van der Waals surface area contributed by atoms with Crippen molar-refractivity contribution >= 4 is 11.8 Å². The quantitative estimate of drug-likeness (QED) is 0.604. The number of ketones is 1. The summed E-state index contributed by atoms with van der Waals surface area (Å²) in [5.74, 6) is -0.633. The van der Waals surface area contributed by atoms with Crippen molar-refractivity contribution in [2.75, 3.05) is 0 Å². The largest absolute Gasteiger partial charge is 0.467 e. The minimum absolute atomic E-state index is 0.152. The highest BCUT2D eigenvalue weighted by Gasteiger charge is 2.18. The van der Waals surface area contributed by atoms with Gasteiger partial charge in [-0.3, -0.25) is 9.59 Å². The molecule has 17 heavy (non-hydrogen) atoms. The van der Waals surface area contributed by atoms with Crippen LogP contribution in [0.3, 0.4) is 0 Å². The van der Waals surface area contributed by atoms with E-state index in [4.69, 9.17) is 9.15 Å². The smallest absolute Gasteiger partial charge is 0.313 e. The molecule has 1 atom stereocenters. The Hall–Kier alpha value is -1.62. The molecule has 5 heteroatoms. The third-order valence-corrected chi connectivity index (χ3v) is 2.00. The summed E-state index contributed by atoms with van der Waals surface area (Å²) >= 11 is 0. The Morgan fingerprint density at radius 2 is 2.18 bits per heavy atom. The van der Waals surface area contributed by atoms with Crippen LogP contribution in [0.15, 0.2) is 22.8 Å². The summed E-state index contributed by atoms with van der Waals surface area (Å²) in [6.45, 7) is 3.42. The second-order valence-electron chi connectivity index (χ2n) is 3.99. The highest BCUT2D eigenvalue weighted by atomic mass is 16.5. The van der Waals surface area contributed by atoms with Gasteiger partial charge in [0.2, 0.25) is 0 Å². The molecule has 0 bridgehead atoms. The van der Waals surface area contributed by atoms with Gasteiger partial charge in [-0.2, -0.15) is 0 Å². The highest BCUT2D eigenvalue weighted by Crippen LogP contribution is 2.17. The number of ether oxygens (including phenoxy) is 1. The molecule has 0 amide bonds. The first-order valence-corrected chi connectivity index (χ1v) is 5.41. The van der Waals surface area contributed by atoms with Crippen LogP contribution in [0.5, 0.6) is 0 Å². The number of Topliss-reactive ketones (excluding diaryl/α,β-unsaturated/α-hetero) is 1. The van der Waals surface area contributed by atoms with Gasteiger partial charge in [-0.05, 0) is 26.0 Å². The SMILES string of the molecule is CC(C)OC(=O)CC(=O)CC(O)c1ccco1. The number of rotatable bonds is 6. The molecule has 1 aromatic rings. The lowest BCUT2D eigenvalue weighted by atomic mass is 10.1. The van der Waals surface area contributed by atoms with Crippen LogP contribution in [0, 0.1) is 0 Å².